The van der Waals surface area contributed by atoms with Gasteiger partial charge in [0.1, 0.15) is 0 Å². The SMILES string of the molecule is C=CCn1c(O)c([C@H]2NCCc3cc(OC)c(OC)cc32)c(=O)[nH]c1=S. The topological polar surface area (TPSA) is 88.5 Å². The molecule has 2 heterocycles. The summed E-state index contributed by atoms with van der Waals surface area (Å²) < 4.78 is 12.4. The van der Waals surface area contributed by atoms with Crippen molar-refractivity contribution >= 4 is 12.2 Å². The molecule has 138 valence electrons. The number of methoxy groups -OCH3 is 2. The Morgan fingerprint density at radius 3 is 2.73 bits per heavy atom. The van der Waals surface area contributed by atoms with Crippen LogP contribution in [-0.2, 0) is 13.0 Å². The van der Waals surface area contributed by atoms with Gasteiger partial charge in [-0.1, -0.05) is 6.08 Å². The predicted molar refractivity (Wildman–Crippen MR) is 101 cm³/mol. The van der Waals surface area contributed by atoms with Crippen molar-refractivity contribution in [3.63, 3.8) is 0 Å². The monoisotopic (exact) mass is 375 g/mol. The van der Waals surface area contributed by atoms with E-state index in [9.17, 15) is 9.90 Å². The Bertz CT molecular complexity index is 964. The lowest BCUT2D eigenvalue weighted by Gasteiger charge is -2.28. The van der Waals surface area contributed by atoms with Crippen LogP contribution in [0.3, 0.4) is 0 Å². The van der Waals surface area contributed by atoms with Gasteiger partial charge < -0.3 is 19.9 Å². The van der Waals surface area contributed by atoms with E-state index in [2.05, 4.69) is 16.9 Å². The predicted octanol–water partition coefficient (Wildman–Crippen LogP) is 2.05. The highest BCUT2D eigenvalue weighted by Gasteiger charge is 2.29. The van der Waals surface area contributed by atoms with Crippen molar-refractivity contribution in [1.29, 1.82) is 0 Å². The van der Waals surface area contributed by atoms with Crippen LogP contribution in [0, 0.1) is 4.77 Å². The third-order valence-corrected chi connectivity index (χ3v) is 4.83. The van der Waals surface area contributed by atoms with E-state index < -0.39 is 11.6 Å². The van der Waals surface area contributed by atoms with E-state index in [0.29, 0.717) is 24.6 Å². The second kappa shape index (κ2) is 7.35. The highest BCUT2D eigenvalue weighted by molar-refractivity contribution is 7.71. The quantitative estimate of drug-likeness (QED) is 0.548. The summed E-state index contributed by atoms with van der Waals surface area (Å²) in [5, 5.41) is 14.0. The van der Waals surface area contributed by atoms with Crippen LogP contribution < -0.4 is 20.3 Å². The Morgan fingerprint density at radius 1 is 1.38 bits per heavy atom. The molecule has 1 aromatic heterocycles. The number of hydrogen-bond donors (Lipinski definition) is 3. The third kappa shape index (κ3) is 3.02. The van der Waals surface area contributed by atoms with Gasteiger partial charge in [0.15, 0.2) is 16.3 Å². The van der Waals surface area contributed by atoms with Crippen LogP contribution in [0.15, 0.2) is 29.6 Å². The first-order valence-electron chi connectivity index (χ1n) is 8.16. The zero-order chi connectivity index (χ0) is 18.8. The number of allylic oxidation sites excluding steroid dienone is 1. The molecule has 1 aromatic carbocycles. The van der Waals surface area contributed by atoms with E-state index in [4.69, 9.17) is 21.7 Å². The lowest BCUT2D eigenvalue weighted by Crippen LogP contribution is -2.35. The second-order valence-electron chi connectivity index (χ2n) is 5.94. The Balaban J connectivity index is 2.22. The Kier molecular flexibility index (Phi) is 5.15. The summed E-state index contributed by atoms with van der Waals surface area (Å²) in [5.74, 6) is 1.03. The summed E-state index contributed by atoms with van der Waals surface area (Å²) in [6.45, 7) is 4.61. The first-order valence-corrected chi connectivity index (χ1v) is 8.57. The molecule has 26 heavy (non-hydrogen) atoms. The summed E-state index contributed by atoms with van der Waals surface area (Å²) in [7, 11) is 3.14. The molecule has 0 amide bonds. The summed E-state index contributed by atoms with van der Waals surface area (Å²) >= 11 is 5.15. The fourth-order valence-corrected chi connectivity index (χ4v) is 3.53. The lowest BCUT2D eigenvalue weighted by molar-refractivity contribution is 0.352. The van der Waals surface area contributed by atoms with Crippen molar-refractivity contribution in [2.75, 3.05) is 20.8 Å². The zero-order valence-corrected chi connectivity index (χ0v) is 15.5. The molecule has 3 rings (SSSR count). The van der Waals surface area contributed by atoms with Gasteiger partial charge in [-0.25, -0.2) is 0 Å². The molecule has 1 aliphatic rings. The second-order valence-corrected chi connectivity index (χ2v) is 6.33. The van der Waals surface area contributed by atoms with Crippen LogP contribution in [-0.4, -0.2) is 35.4 Å². The van der Waals surface area contributed by atoms with Gasteiger partial charge in [-0.3, -0.25) is 14.3 Å². The van der Waals surface area contributed by atoms with Crippen LogP contribution in [0.2, 0.25) is 0 Å². The standard InChI is InChI=1S/C18H21N3O4S/c1-4-7-21-17(23)14(16(22)20-18(21)26)15-11-9-13(25-3)12(24-2)8-10(11)5-6-19-15/h4,8-9,15,19,23H,1,5-7H2,2-3H3,(H,20,22,26)/t15-/m0/s1. The van der Waals surface area contributed by atoms with Crippen LogP contribution >= 0.6 is 12.2 Å². The van der Waals surface area contributed by atoms with Crippen molar-refractivity contribution in [2.45, 2.75) is 19.0 Å². The van der Waals surface area contributed by atoms with Crippen molar-refractivity contribution in [1.82, 2.24) is 14.9 Å². The maximum Gasteiger partial charge on any atom is 0.260 e. The van der Waals surface area contributed by atoms with Gasteiger partial charge in [0.2, 0.25) is 5.88 Å². The van der Waals surface area contributed by atoms with Gasteiger partial charge in [-0.2, -0.15) is 0 Å². The van der Waals surface area contributed by atoms with Crippen LogP contribution in [0.1, 0.15) is 22.7 Å². The minimum absolute atomic E-state index is 0.152. The number of nitrogens with one attached hydrogen (secondary N) is 2. The average molecular weight is 375 g/mol. The van der Waals surface area contributed by atoms with E-state index in [0.717, 1.165) is 17.5 Å². The largest absolute Gasteiger partial charge is 0.494 e. The van der Waals surface area contributed by atoms with E-state index >= 15 is 0 Å². The molecule has 1 aliphatic heterocycles. The smallest absolute Gasteiger partial charge is 0.260 e. The van der Waals surface area contributed by atoms with Crippen LogP contribution in [0.25, 0.3) is 0 Å². The van der Waals surface area contributed by atoms with E-state index in [1.54, 1.807) is 20.3 Å². The first kappa shape index (κ1) is 18.2. The molecule has 0 saturated carbocycles. The maximum absolute atomic E-state index is 12.6. The van der Waals surface area contributed by atoms with Crippen molar-refractivity contribution in [2.24, 2.45) is 0 Å². The molecule has 8 heteroatoms. The maximum atomic E-state index is 12.6. The molecule has 0 aliphatic carbocycles. The van der Waals surface area contributed by atoms with Gasteiger partial charge in [-0.15, -0.1) is 6.58 Å². The van der Waals surface area contributed by atoms with Gasteiger partial charge >= 0.3 is 0 Å². The Morgan fingerprint density at radius 2 is 2.08 bits per heavy atom. The van der Waals surface area contributed by atoms with Gasteiger partial charge in [-0.05, 0) is 41.9 Å². The number of H-pyrrole nitrogens is 1. The molecule has 1 atom stereocenters. The number of nitrogens with zero attached hydrogens (tertiary/aromatic N) is 1. The number of hydrogen-bond acceptors (Lipinski definition) is 6. The van der Waals surface area contributed by atoms with Crippen molar-refractivity contribution in [3.8, 4) is 17.4 Å². The highest BCUT2D eigenvalue weighted by atomic mass is 32.1. The molecule has 0 unspecified atom stereocenters. The number of ether oxygens (including phenoxy) is 2. The fraction of sp³-hybridized carbons (Fsp3) is 0.333. The number of aromatic nitrogens is 2. The Labute approximate surface area is 155 Å². The fourth-order valence-electron chi connectivity index (χ4n) is 3.27. The molecular weight excluding hydrogens is 354 g/mol. The molecule has 0 fully saturated rings. The highest BCUT2D eigenvalue weighted by Crippen LogP contribution is 2.38. The summed E-state index contributed by atoms with van der Waals surface area (Å²) in [5.41, 5.74) is 1.68. The molecule has 0 bridgehead atoms. The van der Waals surface area contributed by atoms with E-state index in [1.165, 1.54) is 4.57 Å². The van der Waals surface area contributed by atoms with Crippen molar-refractivity contribution < 1.29 is 14.6 Å². The molecule has 2 aromatic rings. The number of aromatic amines is 1. The number of benzene rings is 1. The summed E-state index contributed by atoms with van der Waals surface area (Å²) in [6.07, 6.45) is 2.38. The van der Waals surface area contributed by atoms with Crippen LogP contribution in [0.5, 0.6) is 17.4 Å². The normalized spacial score (nSPS) is 16.0. The molecular formula is C18H21N3O4S. The Hall–Kier alpha value is -2.58. The van der Waals surface area contributed by atoms with Gasteiger partial charge in [0.05, 0.1) is 25.8 Å². The molecule has 7 nitrogen and oxygen atoms in total. The number of fused-ring (bicyclic) bond motifs is 1. The minimum Gasteiger partial charge on any atom is -0.494 e. The summed E-state index contributed by atoms with van der Waals surface area (Å²) in [6, 6.07) is 3.25. The van der Waals surface area contributed by atoms with E-state index in [-0.39, 0.29) is 16.2 Å². The third-order valence-electron chi connectivity index (χ3n) is 4.51. The summed E-state index contributed by atoms with van der Waals surface area (Å²) in [4.78, 5) is 15.2. The van der Waals surface area contributed by atoms with Crippen molar-refractivity contribution in [3.05, 3.63) is 56.6 Å². The number of aromatic hydroxyl groups is 1. The zero-order valence-electron chi connectivity index (χ0n) is 14.7. The molecule has 0 spiro atoms. The number of rotatable bonds is 5. The van der Waals surface area contributed by atoms with Gasteiger partial charge in [0, 0.05) is 13.1 Å². The van der Waals surface area contributed by atoms with Crippen LogP contribution in [0.4, 0.5) is 0 Å². The molecule has 0 saturated heterocycles. The minimum atomic E-state index is -0.492. The average Bonchev–Trinajstić information content (AvgIpc) is 2.64. The first-order chi connectivity index (χ1) is 12.5. The lowest BCUT2D eigenvalue weighted by atomic mass is 9.90. The van der Waals surface area contributed by atoms with Gasteiger partial charge in [0.25, 0.3) is 5.56 Å². The molecule has 0 radical (unpaired) electrons. The molecule has 3 N–H and O–H groups in total. The van der Waals surface area contributed by atoms with E-state index in [1.807, 2.05) is 12.1 Å².